The van der Waals surface area contributed by atoms with Crippen molar-refractivity contribution in [3.05, 3.63) is 29.8 Å². The molecule has 0 fully saturated rings. The van der Waals surface area contributed by atoms with Crippen molar-refractivity contribution in [2.24, 2.45) is 5.41 Å². The Morgan fingerprint density at radius 1 is 1.33 bits per heavy atom. The Morgan fingerprint density at radius 2 is 1.94 bits per heavy atom. The Kier molecular flexibility index (Phi) is 5.18. The fraction of sp³-hybridized carbons (Fsp3) is 0.533. The van der Waals surface area contributed by atoms with E-state index in [9.17, 15) is 0 Å². The predicted octanol–water partition coefficient (Wildman–Crippen LogP) is 3.29. The molecule has 0 radical (unpaired) electrons. The van der Waals surface area contributed by atoms with Crippen molar-refractivity contribution >= 4 is 0 Å². The molecular formula is C15H22N2O. The van der Waals surface area contributed by atoms with Gasteiger partial charge in [-0.05, 0) is 51.4 Å². The Hall–Kier alpha value is -1.53. The van der Waals surface area contributed by atoms with Gasteiger partial charge in [0.1, 0.15) is 5.75 Å². The molecule has 1 N–H and O–H groups in total. The molecule has 98 valence electrons. The molecule has 0 saturated carbocycles. The standard InChI is InChI=1S/C15H22N2O/c1-12(17-10-9-15(2,3)11-16)13-5-7-14(18-4)8-6-13/h5-8,12,17H,9-10H2,1-4H3. The Morgan fingerprint density at radius 3 is 2.44 bits per heavy atom. The highest BCUT2D eigenvalue weighted by Gasteiger charge is 2.16. The van der Waals surface area contributed by atoms with Crippen molar-refractivity contribution in [3.63, 3.8) is 0 Å². The zero-order valence-electron chi connectivity index (χ0n) is 11.7. The summed E-state index contributed by atoms with van der Waals surface area (Å²) in [6, 6.07) is 10.6. The van der Waals surface area contributed by atoms with Gasteiger partial charge < -0.3 is 10.1 Å². The number of benzene rings is 1. The highest BCUT2D eigenvalue weighted by molar-refractivity contribution is 5.28. The van der Waals surface area contributed by atoms with E-state index in [1.807, 2.05) is 26.0 Å². The number of nitrogens with zero attached hydrogens (tertiary/aromatic N) is 1. The maximum atomic E-state index is 8.94. The molecule has 1 unspecified atom stereocenters. The van der Waals surface area contributed by atoms with Gasteiger partial charge in [0.05, 0.1) is 18.6 Å². The number of nitriles is 1. The van der Waals surface area contributed by atoms with Crippen molar-refractivity contribution in [1.29, 1.82) is 5.26 Å². The van der Waals surface area contributed by atoms with E-state index in [-0.39, 0.29) is 11.5 Å². The van der Waals surface area contributed by atoms with E-state index in [2.05, 4.69) is 30.4 Å². The van der Waals surface area contributed by atoms with Crippen LogP contribution in [-0.2, 0) is 0 Å². The SMILES string of the molecule is COc1ccc(C(C)NCCC(C)(C)C#N)cc1. The van der Waals surface area contributed by atoms with Crippen molar-refractivity contribution in [1.82, 2.24) is 5.32 Å². The number of hydrogen-bond acceptors (Lipinski definition) is 3. The third-order valence-electron chi connectivity index (χ3n) is 3.12. The first kappa shape index (κ1) is 14.5. The van der Waals surface area contributed by atoms with Crippen molar-refractivity contribution in [2.75, 3.05) is 13.7 Å². The van der Waals surface area contributed by atoms with Crippen molar-refractivity contribution in [3.8, 4) is 11.8 Å². The van der Waals surface area contributed by atoms with E-state index >= 15 is 0 Å². The summed E-state index contributed by atoms with van der Waals surface area (Å²) in [4.78, 5) is 0. The first-order chi connectivity index (χ1) is 8.48. The molecule has 18 heavy (non-hydrogen) atoms. The van der Waals surface area contributed by atoms with Crippen LogP contribution in [0.5, 0.6) is 5.75 Å². The zero-order valence-corrected chi connectivity index (χ0v) is 11.7. The molecule has 0 spiro atoms. The van der Waals surface area contributed by atoms with E-state index < -0.39 is 0 Å². The number of hydrogen-bond donors (Lipinski definition) is 1. The van der Waals surface area contributed by atoms with Crippen molar-refractivity contribution in [2.45, 2.75) is 33.2 Å². The zero-order chi connectivity index (χ0) is 13.6. The number of ether oxygens (including phenoxy) is 1. The monoisotopic (exact) mass is 246 g/mol. The largest absolute Gasteiger partial charge is 0.497 e. The minimum Gasteiger partial charge on any atom is -0.497 e. The fourth-order valence-electron chi connectivity index (χ4n) is 1.67. The van der Waals surface area contributed by atoms with Crippen LogP contribution in [0.1, 0.15) is 38.8 Å². The third-order valence-corrected chi connectivity index (χ3v) is 3.12. The van der Waals surface area contributed by atoms with Gasteiger partial charge in [0.2, 0.25) is 0 Å². The van der Waals surface area contributed by atoms with E-state index in [4.69, 9.17) is 10.00 Å². The van der Waals surface area contributed by atoms with Gasteiger partial charge >= 0.3 is 0 Å². The van der Waals surface area contributed by atoms with Crippen LogP contribution in [0.25, 0.3) is 0 Å². The lowest BCUT2D eigenvalue weighted by Gasteiger charge is -2.19. The highest BCUT2D eigenvalue weighted by Crippen LogP contribution is 2.20. The summed E-state index contributed by atoms with van der Waals surface area (Å²) in [5, 5.41) is 12.4. The molecule has 0 aliphatic heterocycles. The summed E-state index contributed by atoms with van der Waals surface area (Å²) in [5.41, 5.74) is 0.970. The Labute approximate surface area is 110 Å². The average molecular weight is 246 g/mol. The average Bonchev–Trinajstić information content (AvgIpc) is 2.38. The van der Waals surface area contributed by atoms with Gasteiger partial charge in [-0.15, -0.1) is 0 Å². The van der Waals surface area contributed by atoms with Crippen LogP contribution in [0.2, 0.25) is 0 Å². The molecule has 0 aromatic heterocycles. The van der Waals surface area contributed by atoms with Crippen LogP contribution in [0.15, 0.2) is 24.3 Å². The molecule has 0 aliphatic rings. The summed E-state index contributed by atoms with van der Waals surface area (Å²) >= 11 is 0. The third kappa shape index (κ3) is 4.38. The second kappa shape index (κ2) is 6.42. The van der Waals surface area contributed by atoms with Crippen LogP contribution in [0, 0.1) is 16.7 Å². The van der Waals surface area contributed by atoms with Gasteiger partial charge in [0.25, 0.3) is 0 Å². The van der Waals surface area contributed by atoms with Crippen LogP contribution in [0.3, 0.4) is 0 Å². The van der Waals surface area contributed by atoms with Gasteiger partial charge in [0.15, 0.2) is 0 Å². The van der Waals surface area contributed by atoms with E-state index in [0.29, 0.717) is 0 Å². The second-order valence-electron chi connectivity index (χ2n) is 5.19. The van der Waals surface area contributed by atoms with Crippen molar-refractivity contribution < 1.29 is 4.74 Å². The van der Waals surface area contributed by atoms with Crippen LogP contribution in [-0.4, -0.2) is 13.7 Å². The van der Waals surface area contributed by atoms with Gasteiger partial charge in [0, 0.05) is 6.04 Å². The maximum absolute atomic E-state index is 8.94. The molecule has 1 rings (SSSR count). The molecule has 0 heterocycles. The highest BCUT2D eigenvalue weighted by atomic mass is 16.5. The lowest BCUT2D eigenvalue weighted by atomic mass is 9.91. The van der Waals surface area contributed by atoms with E-state index in [1.165, 1.54) is 5.56 Å². The Bertz CT molecular complexity index is 403. The lowest BCUT2D eigenvalue weighted by Crippen LogP contribution is -2.24. The molecular weight excluding hydrogens is 224 g/mol. The predicted molar refractivity (Wildman–Crippen MR) is 73.4 cm³/mol. The second-order valence-corrected chi connectivity index (χ2v) is 5.19. The smallest absolute Gasteiger partial charge is 0.118 e. The first-order valence-electron chi connectivity index (χ1n) is 6.27. The lowest BCUT2D eigenvalue weighted by molar-refractivity contribution is 0.412. The molecule has 0 aliphatic carbocycles. The molecule has 0 bridgehead atoms. The van der Waals surface area contributed by atoms with Gasteiger partial charge in [-0.25, -0.2) is 0 Å². The Balaban J connectivity index is 2.45. The van der Waals surface area contributed by atoms with Crippen LogP contribution in [0.4, 0.5) is 0 Å². The van der Waals surface area contributed by atoms with Gasteiger partial charge in [-0.2, -0.15) is 5.26 Å². The number of rotatable bonds is 6. The molecule has 0 saturated heterocycles. The summed E-state index contributed by atoms with van der Waals surface area (Å²) in [7, 11) is 1.67. The minimum atomic E-state index is -0.257. The molecule has 1 aromatic carbocycles. The number of methoxy groups -OCH3 is 1. The van der Waals surface area contributed by atoms with Gasteiger partial charge in [-0.3, -0.25) is 0 Å². The topological polar surface area (TPSA) is 45.0 Å². The summed E-state index contributed by atoms with van der Waals surface area (Å²) < 4.78 is 5.13. The quantitative estimate of drug-likeness (QED) is 0.837. The maximum Gasteiger partial charge on any atom is 0.118 e. The van der Waals surface area contributed by atoms with E-state index in [0.717, 1.165) is 18.7 Å². The summed E-state index contributed by atoms with van der Waals surface area (Å²) in [5.74, 6) is 0.872. The molecule has 3 heteroatoms. The van der Waals surface area contributed by atoms with Crippen LogP contribution >= 0.6 is 0 Å². The van der Waals surface area contributed by atoms with Gasteiger partial charge in [-0.1, -0.05) is 12.1 Å². The first-order valence-corrected chi connectivity index (χ1v) is 6.27. The normalized spacial score (nSPS) is 12.8. The summed E-state index contributed by atoms with van der Waals surface area (Å²) in [6.45, 7) is 6.90. The molecule has 1 aromatic rings. The van der Waals surface area contributed by atoms with E-state index in [1.54, 1.807) is 7.11 Å². The molecule has 3 nitrogen and oxygen atoms in total. The number of nitrogens with one attached hydrogen (secondary N) is 1. The molecule has 1 atom stereocenters. The van der Waals surface area contributed by atoms with Crippen LogP contribution < -0.4 is 10.1 Å². The minimum absolute atomic E-state index is 0.257. The molecule has 0 amide bonds. The summed E-state index contributed by atoms with van der Waals surface area (Å²) in [6.07, 6.45) is 0.851. The fourth-order valence-corrected chi connectivity index (χ4v) is 1.67.